The highest BCUT2D eigenvalue weighted by Gasteiger charge is 2.67. The SMILES string of the molecule is C[Si](C)(C12[C]c3ccccc3C1C=CCC2)C12[C]c3ccccc3C1C=CCC2. The van der Waals surface area contributed by atoms with Gasteiger partial charge in [-0.15, -0.1) is 0 Å². The van der Waals surface area contributed by atoms with Crippen LogP contribution in [0.15, 0.2) is 72.8 Å². The number of hydrogen-bond acceptors (Lipinski definition) is 0. The molecule has 0 saturated heterocycles. The summed E-state index contributed by atoms with van der Waals surface area (Å²) in [5.41, 5.74) is 5.72. The van der Waals surface area contributed by atoms with E-state index in [-0.39, 0.29) is 10.1 Å². The summed E-state index contributed by atoms with van der Waals surface area (Å²) in [7, 11) is -1.92. The molecule has 4 radical (unpaired) electrons. The van der Waals surface area contributed by atoms with E-state index in [4.69, 9.17) is 0 Å². The molecule has 0 amide bonds. The summed E-state index contributed by atoms with van der Waals surface area (Å²) in [5, 5.41) is 0.313. The molecule has 0 nitrogen and oxygen atoms in total. The Morgan fingerprint density at radius 1 is 0.724 bits per heavy atom. The van der Waals surface area contributed by atoms with E-state index in [0.29, 0.717) is 11.8 Å². The van der Waals surface area contributed by atoms with Crippen molar-refractivity contribution >= 4 is 8.07 Å². The maximum absolute atomic E-state index is 4.17. The predicted octanol–water partition coefficient (Wildman–Crippen LogP) is 7.33. The van der Waals surface area contributed by atoms with Crippen LogP contribution in [0.25, 0.3) is 0 Å². The van der Waals surface area contributed by atoms with Crippen LogP contribution in [0.4, 0.5) is 0 Å². The van der Waals surface area contributed by atoms with Gasteiger partial charge in [-0.3, -0.25) is 0 Å². The molecule has 0 saturated carbocycles. The molecule has 4 atom stereocenters. The Bertz CT molecular complexity index is 947. The van der Waals surface area contributed by atoms with Gasteiger partial charge in [0.15, 0.2) is 0 Å². The molecule has 0 heterocycles. The van der Waals surface area contributed by atoms with Gasteiger partial charge in [0, 0.05) is 24.7 Å². The highest BCUT2D eigenvalue weighted by Crippen LogP contribution is 2.75. The zero-order valence-electron chi connectivity index (χ0n) is 17.4. The van der Waals surface area contributed by atoms with Gasteiger partial charge >= 0.3 is 0 Å². The maximum atomic E-state index is 4.17. The largest absolute Gasteiger partial charge is 0.0879 e. The lowest BCUT2D eigenvalue weighted by molar-refractivity contribution is 0.449. The molecule has 4 aliphatic rings. The third-order valence-corrected chi connectivity index (χ3v) is 14.5. The highest BCUT2D eigenvalue weighted by atomic mass is 28.3. The van der Waals surface area contributed by atoms with Crippen LogP contribution in [0.1, 0.15) is 59.8 Å². The maximum Gasteiger partial charge on any atom is 0.0643 e. The Morgan fingerprint density at radius 2 is 1.17 bits per heavy atom. The molecule has 0 aromatic heterocycles. The monoisotopic (exact) mass is 392 g/mol. The van der Waals surface area contributed by atoms with Gasteiger partial charge in [-0.25, -0.2) is 0 Å². The lowest BCUT2D eigenvalue weighted by atomic mass is 9.82. The van der Waals surface area contributed by atoms with Crippen molar-refractivity contribution in [1.82, 2.24) is 0 Å². The van der Waals surface area contributed by atoms with Crippen molar-refractivity contribution in [1.29, 1.82) is 0 Å². The van der Waals surface area contributed by atoms with Gasteiger partial charge in [-0.05, 0) is 58.0 Å². The molecule has 0 aliphatic heterocycles. The number of fused-ring (bicyclic) bond motifs is 6. The van der Waals surface area contributed by atoms with Crippen LogP contribution in [0.2, 0.25) is 23.2 Å². The van der Waals surface area contributed by atoms with E-state index in [2.05, 4.69) is 98.8 Å². The zero-order valence-corrected chi connectivity index (χ0v) is 18.4. The van der Waals surface area contributed by atoms with E-state index in [9.17, 15) is 0 Å². The van der Waals surface area contributed by atoms with Crippen molar-refractivity contribution in [2.75, 3.05) is 0 Å². The Hall–Kier alpha value is -1.86. The van der Waals surface area contributed by atoms with Gasteiger partial charge in [-0.1, -0.05) is 85.9 Å². The summed E-state index contributed by atoms with van der Waals surface area (Å²) in [5.74, 6) is 0.973. The lowest BCUT2D eigenvalue weighted by Gasteiger charge is -2.59. The van der Waals surface area contributed by atoms with Crippen molar-refractivity contribution in [2.45, 2.75) is 60.7 Å². The molecule has 0 N–H and O–H groups in total. The van der Waals surface area contributed by atoms with Crippen molar-refractivity contribution in [3.05, 3.63) is 108 Å². The van der Waals surface area contributed by atoms with Crippen LogP contribution in [0, 0.1) is 12.8 Å². The Kier molecular flexibility index (Phi) is 3.76. The summed E-state index contributed by atoms with van der Waals surface area (Å²) < 4.78 is 0. The third kappa shape index (κ3) is 2.15. The normalized spacial score (nSPS) is 34.4. The first-order valence-electron chi connectivity index (χ1n) is 11.2. The molecule has 6 rings (SSSR count). The summed E-state index contributed by atoms with van der Waals surface area (Å²) in [4.78, 5) is 0. The molecular formula is C28H28Si. The fourth-order valence-corrected chi connectivity index (χ4v) is 12.4. The first-order chi connectivity index (χ1) is 14.1. The molecule has 1 heteroatoms. The molecule has 29 heavy (non-hydrogen) atoms. The van der Waals surface area contributed by atoms with Crippen LogP contribution in [0.3, 0.4) is 0 Å². The van der Waals surface area contributed by atoms with Crippen LogP contribution >= 0.6 is 0 Å². The van der Waals surface area contributed by atoms with Gasteiger partial charge in [0.2, 0.25) is 0 Å². The van der Waals surface area contributed by atoms with Crippen molar-refractivity contribution in [3.8, 4) is 0 Å². The topological polar surface area (TPSA) is 0 Å². The number of benzene rings is 2. The van der Waals surface area contributed by atoms with Crippen molar-refractivity contribution in [3.63, 3.8) is 0 Å². The van der Waals surface area contributed by atoms with E-state index in [1.165, 1.54) is 47.9 Å². The molecule has 4 unspecified atom stereocenters. The summed E-state index contributed by atoms with van der Waals surface area (Å²) in [6.07, 6.45) is 23.0. The zero-order chi connectivity index (χ0) is 19.7. The van der Waals surface area contributed by atoms with E-state index >= 15 is 0 Å². The first kappa shape index (κ1) is 17.9. The minimum atomic E-state index is -1.92. The quantitative estimate of drug-likeness (QED) is 0.371. The van der Waals surface area contributed by atoms with E-state index in [1.807, 2.05) is 0 Å². The first-order valence-corrected chi connectivity index (χ1v) is 14.2. The van der Waals surface area contributed by atoms with Gasteiger partial charge in [0.05, 0.1) is 8.07 Å². The predicted molar refractivity (Wildman–Crippen MR) is 123 cm³/mol. The van der Waals surface area contributed by atoms with Crippen LogP contribution in [-0.4, -0.2) is 8.07 Å². The van der Waals surface area contributed by atoms with Crippen LogP contribution in [-0.2, 0) is 0 Å². The number of hydrogen-bond donors (Lipinski definition) is 0. The van der Waals surface area contributed by atoms with Crippen LogP contribution in [0.5, 0.6) is 0 Å². The van der Waals surface area contributed by atoms with Gasteiger partial charge in [-0.2, -0.15) is 0 Å². The summed E-state index contributed by atoms with van der Waals surface area (Å²) >= 11 is 0. The minimum Gasteiger partial charge on any atom is -0.0879 e. The van der Waals surface area contributed by atoms with Crippen molar-refractivity contribution < 1.29 is 0 Å². The lowest BCUT2D eigenvalue weighted by Crippen LogP contribution is -2.56. The average molecular weight is 393 g/mol. The average Bonchev–Trinajstić information content (AvgIpc) is 3.29. The number of allylic oxidation sites excluding steroid dienone is 4. The number of rotatable bonds is 2. The van der Waals surface area contributed by atoms with Crippen LogP contribution < -0.4 is 0 Å². The Labute approximate surface area is 176 Å². The molecular weight excluding hydrogens is 364 g/mol. The second-order valence-electron chi connectivity index (χ2n) is 9.88. The fraction of sp³-hybridized carbons (Fsp3) is 0.357. The van der Waals surface area contributed by atoms with E-state index < -0.39 is 8.07 Å². The molecule has 144 valence electrons. The second-order valence-corrected chi connectivity index (χ2v) is 14.9. The minimum absolute atomic E-state index is 0.157. The standard InChI is InChI=1S/C28H28Si/c1-29(2,27-17-9-7-15-25(27)23-13-5-3-11-21(23)19-27)28-18-10-8-16-26(28)24-14-6-4-12-22(24)20-28/h3-8,11-16,25-26H,9-10,17-18H2,1-2H3. The van der Waals surface area contributed by atoms with E-state index in [0.717, 1.165) is 0 Å². The second kappa shape index (κ2) is 6.08. The fourth-order valence-electron chi connectivity index (χ4n) is 7.10. The Morgan fingerprint density at radius 3 is 1.66 bits per heavy atom. The van der Waals surface area contributed by atoms with Crippen molar-refractivity contribution in [2.24, 2.45) is 0 Å². The molecule has 0 fully saturated rings. The molecule has 0 bridgehead atoms. The molecule has 2 aromatic carbocycles. The summed E-state index contributed by atoms with van der Waals surface area (Å²) in [6.45, 7) is 5.34. The highest BCUT2D eigenvalue weighted by molar-refractivity contribution is 6.85. The van der Waals surface area contributed by atoms with E-state index in [1.54, 1.807) is 0 Å². The molecule has 0 spiro atoms. The van der Waals surface area contributed by atoms with Gasteiger partial charge in [0.1, 0.15) is 0 Å². The molecule has 2 aromatic rings. The van der Waals surface area contributed by atoms with Gasteiger partial charge < -0.3 is 0 Å². The summed E-state index contributed by atoms with van der Waals surface area (Å²) in [6, 6.07) is 18.1. The third-order valence-electron chi connectivity index (χ3n) is 8.67. The smallest absolute Gasteiger partial charge is 0.0643 e. The molecule has 4 aliphatic carbocycles. The van der Waals surface area contributed by atoms with Gasteiger partial charge in [0.25, 0.3) is 0 Å². The Balaban J connectivity index is 1.53.